The number of carboxylic acid groups (broad SMARTS) is 1. The summed E-state index contributed by atoms with van der Waals surface area (Å²) in [5.74, 6) is -0.596. The highest BCUT2D eigenvalue weighted by molar-refractivity contribution is 5.81. The number of aliphatic hydroxyl groups excluding tert-OH is 1. The quantitative estimate of drug-likeness (QED) is 0.756. The zero-order valence-corrected chi connectivity index (χ0v) is 15.7. The second kappa shape index (κ2) is 8.83. The third kappa shape index (κ3) is 4.42. The summed E-state index contributed by atoms with van der Waals surface area (Å²) in [6.07, 6.45) is -0.753. The normalized spacial score (nSPS) is 14.7. The number of para-hydroxylation sites is 1. The van der Waals surface area contributed by atoms with Crippen LogP contribution in [0.3, 0.4) is 0 Å². The van der Waals surface area contributed by atoms with Crippen LogP contribution >= 0.6 is 0 Å². The molecule has 2 aromatic rings. The predicted molar refractivity (Wildman–Crippen MR) is 102 cm³/mol. The number of carboxylic acids is 1. The number of rotatable bonds is 8. The minimum absolute atomic E-state index is 0.0114. The Kier molecular flexibility index (Phi) is 6.77. The number of likely N-dealkylation sites (N-methyl/N-ethyl adjacent to an activating group) is 1. The highest BCUT2D eigenvalue weighted by Gasteiger charge is 2.23. The fourth-order valence-corrected chi connectivity index (χ4v) is 2.92. The van der Waals surface area contributed by atoms with Crippen LogP contribution in [0.1, 0.15) is 31.9 Å². The van der Waals surface area contributed by atoms with Crippen LogP contribution in [0.5, 0.6) is 5.75 Å². The fourth-order valence-electron chi connectivity index (χ4n) is 2.92. The van der Waals surface area contributed by atoms with Crippen molar-refractivity contribution in [3.63, 3.8) is 0 Å². The van der Waals surface area contributed by atoms with Crippen LogP contribution in [-0.2, 0) is 4.79 Å². The Morgan fingerprint density at radius 1 is 1.08 bits per heavy atom. The topological polar surface area (TPSA) is 70.0 Å². The van der Waals surface area contributed by atoms with Crippen molar-refractivity contribution in [2.45, 2.75) is 38.5 Å². The molecule has 0 spiro atoms. The van der Waals surface area contributed by atoms with Gasteiger partial charge >= 0.3 is 5.97 Å². The zero-order chi connectivity index (χ0) is 19.3. The van der Waals surface area contributed by atoms with Crippen LogP contribution in [-0.4, -0.2) is 47.3 Å². The standard InChI is InChI=1S/C21H27NO4/c1-5-18(14(2)22(3)4)26-19-13-9-8-11-16(19)15-10-6-7-12-17(15)20(23)21(24)25/h6-14,18,20,23H,5H2,1-4H3,(H,24,25). The second-order valence-corrected chi connectivity index (χ2v) is 6.59. The van der Waals surface area contributed by atoms with E-state index in [1.165, 1.54) is 0 Å². The van der Waals surface area contributed by atoms with Gasteiger partial charge in [0.1, 0.15) is 11.9 Å². The third-order valence-corrected chi connectivity index (χ3v) is 4.70. The molecule has 0 saturated heterocycles. The van der Waals surface area contributed by atoms with Crippen LogP contribution in [0, 0.1) is 0 Å². The molecular weight excluding hydrogens is 330 g/mol. The fraction of sp³-hybridized carbons (Fsp3) is 0.381. The van der Waals surface area contributed by atoms with Crippen LogP contribution in [0.2, 0.25) is 0 Å². The van der Waals surface area contributed by atoms with Crippen molar-refractivity contribution in [1.29, 1.82) is 0 Å². The van der Waals surface area contributed by atoms with Gasteiger partial charge < -0.3 is 19.8 Å². The summed E-state index contributed by atoms with van der Waals surface area (Å²) in [6.45, 7) is 4.19. The maximum absolute atomic E-state index is 11.3. The summed E-state index contributed by atoms with van der Waals surface area (Å²) in [7, 11) is 4.03. The Hall–Kier alpha value is -2.37. The lowest BCUT2D eigenvalue weighted by atomic mass is 9.95. The van der Waals surface area contributed by atoms with Crippen LogP contribution in [0.15, 0.2) is 48.5 Å². The van der Waals surface area contributed by atoms with Gasteiger partial charge in [0, 0.05) is 11.6 Å². The third-order valence-electron chi connectivity index (χ3n) is 4.70. The van der Waals surface area contributed by atoms with E-state index in [1.54, 1.807) is 18.2 Å². The number of carbonyl (C=O) groups is 1. The molecule has 5 heteroatoms. The van der Waals surface area contributed by atoms with Crippen molar-refractivity contribution in [1.82, 2.24) is 4.90 Å². The average Bonchev–Trinajstić information content (AvgIpc) is 2.65. The molecule has 0 fully saturated rings. The monoisotopic (exact) mass is 357 g/mol. The maximum atomic E-state index is 11.3. The van der Waals surface area contributed by atoms with E-state index < -0.39 is 12.1 Å². The van der Waals surface area contributed by atoms with Gasteiger partial charge in [0.2, 0.25) is 0 Å². The molecule has 0 saturated carbocycles. The van der Waals surface area contributed by atoms with Crippen molar-refractivity contribution < 1.29 is 19.7 Å². The molecule has 0 aliphatic heterocycles. The van der Waals surface area contributed by atoms with Crippen molar-refractivity contribution in [3.8, 4) is 16.9 Å². The maximum Gasteiger partial charge on any atom is 0.337 e. The molecule has 0 amide bonds. The Balaban J connectivity index is 2.46. The SMILES string of the molecule is CCC(Oc1ccccc1-c1ccccc1C(O)C(=O)O)C(C)N(C)C. The first kappa shape index (κ1) is 19.9. The van der Waals surface area contributed by atoms with E-state index in [-0.39, 0.29) is 12.1 Å². The van der Waals surface area contributed by atoms with E-state index in [0.717, 1.165) is 12.0 Å². The molecule has 140 valence electrons. The molecule has 0 aromatic heterocycles. The van der Waals surface area contributed by atoms with E-state index in [4.69, 9.17) is 4.74 Å². The van der Waals surface area contributed by atoms with Crippen LogP contribution < -0.4 is 4.74 Å². The van der Waals surface area contributed by atoms with Gasteiger partial charge in [-0.1, -0.05) is 49.4 Å². The van der Waals surface area contributed by atoms with E-state index in [0.29, 0.717) is 16.9 Å². The molecule has 0 radical (unpaired) electrons. The first-order valence-electron chi connectivity index (χ1n) is 8.79. The Labute approximate surface area is 154 Å². The van der Waals surface area contributed by atoms with Gasteiger partial charge in [0.05, 0.1) is 0 Å². The first-order valence-corrected chi connectivity index (χ1v) is 8.79. The van der Waals surface area contributed by atoms with E-state index in [9.17, 15) is 15.0 Å². The Morgan fingerprint density at radius 2 is 1.65 bits per heavy atom. The molecule has 26 heavy (non-hydrogen) atoms. The van der Waals surface area contributed by atoms with Gasteiger partial charge in [-0.15, -0.1) is 0 Å². The highest BCUT2D eigenvalue weighted by Crippen LogP contribution is 2.36. The molecule has 3 atom stereocenters. The number of aliphatic hydroxyl groups is 1. The van der Waals surface area contributed by atoms with Gasteiger partial charge in [0.15, 0.2) is 6.10 Å². The lowest BCUT2D eigenvalue weighted by Crippen LogP contribution is -2.39. The Bertz CT molecular complexity index is 744. The minimum Gasteiger partial charge on any atom is -0.488 e. The number of hydrogen-bond donors (Lipinski definition) is 2. The van der Waals surface area contributed by atoms with Crippen molar-refractivity contribution in [3.05, 3.63) is 54.1 Å². The summed E-state index contributed by atoms with van der Waals surface area (Å²) < 4.78 is 6.30. The van der Waals surface area contributed by atoms with Crippen molar-refractivity contribution in [2.24, 2.45) is 0 Å². The van der Waals surface area contributed by atoms with Gasteiger partial charge in [0.25, 0.3) is 0 Å². The molecule has 0 bridgehead atoms. The zero-order valence-electron chi connectivity index (χ0n) is 15.7. The van der Waals surface area contributed by atoms with Crippen molar-refractivity contribution >= 4 is 5.97 Å². The van der Waals surface area contributed by atoms with Gasteiger partial charge in [-0.05, 0) is 44.6 Å². The smallest absolute Gasteiger partial charge is 0.337 e. The molecule has 5 nitrogen and oxygen atoms in total. The van der Waals surface area contributed by atoms with Crippen LogP contribution in [0.4, 0.5) is 0 Å². The lowest BCUT2D eigenvalue weighted by Gasteiger charge is -2.30. The molecule has 0 aliphatic rings. The largest absolute Gasteiger partial charge is 0.488 e. The van der Waals surface area contributed by atoms with E-state index in [1.807, 2.05) is 44.4 Å². The Morgan fingerprint density at radius 3 is 2.23 bits per heavy atom. The van der Waals surface area contributed by atoms with E-state index >= 15 is 0 Å². The molecule has 2 aromatic carbocycles. The average molecular weight is 357 g/mol. The first-order chi connectivity index (χ1) is 12.4. The number of ether oxygens (including phenoxy) is 1. The van der Waals surface area contributed by atoms with E-state index in [2.05, 4.69) is 18.7 Å². The number of aliphatic carboxylic acids is 1. The molecule has 2 N–H and O–H groups in total. The lowest BCUT2D eigenvalue weighted by molar-refractivity contribution is -0.146. The second-order valence-electron chi connectivity index (χ2n) is 6.59. The van der Waals surface area contributed by atoms with Gasteiger partial charge in [-0.3, -0.25) is 0 Å². The molecule has 0 heterocycles. The summed E-state index contributed by atoms with van der Waals surface area (Å²) in [4.78, 5) is 13.4. The summed E-state index contributed by atoms with van der Waals surface area (Å²) in [5, 5.41) is 19.3. The molecular formula is C21H27NO4. The molecule has 3 unspecified atom stereocenters. The number of hydrogen-bond acceptors (Lipinski definition) is 4. The minimum atomic E-state index is -1.58. The van der Waals surface area contributed by atoms with Gasteiger partial charge in [-0.2, -0.15) is 0 Å². The molecule has 2 rings (SSSR count). The number of nitrogens with zero attached hydrogens (tertiary/aromatic N) is 1. The highest BCUT2D eigenvalue weighted by atomic mass is 16.5. The summed E-state index contributed by atoms with van der Waals surface area (Å²) >= 11 is 0. The van der Waals surface area contributed by atoms with Crippen LogP contribution in [0.25, 0.3) is 11.1 Å². The van der Waals surface area contributed by atoms with Gasteiger partial charge in [-0.25, -0.2) is 4.79 Å². The summed E-state index contributed by atoms with van der Waals surface area (Å²) in [6, 6.07) is 14.7. The van der Waals surface area contributed by atoms with Crippen molar-refractivity contribution in [2.75, 3.05) is 14.1 Å². The number of benzene rings is 2. The summed E-state index contributed by atoms with van der Waals surface area (Å²) in [5.41, 5.74) is 1.78. The molecule has 0 aliphatic carbocycles. The predicted octanol–water partition coefficient (Wildman–Crippen LogP) is 3.58.